The first kappa shape index (κ1) is 15.8. The molecule has 2 N–H and O–H groups in total. The van der Waals surface area contributed by atoms with Crippen LogP contribution in [0.3, 0.4) is 0 Å². The van der Waals surface area contributed by atoms with Gasteiger partial charge in [-0.1, -0.05) is 47.6 Å². The first-order chi connectivity index (χ1) is 12.3. The van der Waals surface area contributed by atoms with Crippen molar-refractivity contribution in [3.63, 3.8) is 0 Å². The molecule has 128 valence electrons. The summed E-state index contributed by atoms with van der Waals surface area (Å²) < 4.78 is 1.81. The average Bonchev–Trinajstić information content (AvgIpc) is 3.05. The summed E-state index contributed by atoms with van der Waals surface area (Å²) in [6, 6.07) is 19.0. The molecule has 1 unspecified atom stereocenters. The van der Waals surface area contributed by atoms with E-state index in [4.69, 9.17) is 5.73 Å². The number of nitrogens with two attached hydrogens (primary N) is 1. The van der Waals surface area contributed by atoms with E-state index in [-0.39, 0.29) is 6.04 Å². The molecular formula is C19H22N6. The van der Waals surface area contributed by atoms with E-state index in [9.17, 15) is 0 Å². The smallest absolute Gasteiger partial charge is 0.250 e. The third-order valence-electron chi connectivity index (χ3n) is 4.73. The highest BCUT2D eigenvalue weighted by molar-refractivity contribution is 5.64. The minimum atomic E-state index is 0.277. The Morgan fingerprint density at radius 3 is 2.44 bits per heavy atom. The van der Waals surface area contributed by atoms with Gasteiger partial charge in [-0.15, -0.1) is 0 Å². The topological polar surface area (TPSA) is 72.9 Å². The lowest BCUT2D eigenvalue weighted by atomic mass is 10.1. The molecule has 25 heavy (non-hydrogen) atoms. The van der Waals surface area contributed by atoms with Crippen molar-refractivity contribution in [3.8, 4) is 16.8 Å². The molecule has 1 saturated heterocycles. The van der Waals surface area contributed by atoms with E-state index in [1.165, 1.54) is 11.1 Å². The molecule has 0 saturated carbocycles. The molecule has 2 heterocycles. The van der Waals surface area contributed by atoms with Crippen LogP contribution >= 0.6 is 0 Å². The van der Waals surface area contributed by atoms with Gasteiger partial charge in [-0.3, -0.25) is 0 Å². The molecule has 0 spiro atoms. The van der Waals surface area contributed by atoms with Gasteiger partial charge in [-0.2, -0.15) is 4.68 Å². The number of tetrazole rings is 1. The van der Waals surface area contributed by atoms with Crippen LogP contribution < -0.4 is 10.6 Å². The maximum atomic E-state index is 6.09. The number of aromatic nitrogens is 4. The van der Waals surface area contributed by atoms with Crippen molar-refractivity contribution >= 4 is 5.95 Å². The molecule has 2 aromatic carbocycles. The summed E-state index contributed by atoms with van der Waals surface area (Å²) >= 11 is 0. The SMILES string of the molecule is NC1CCCN(c2nnnn2-c2ccc(-c3ccccc3)cc2)CC1. The summed E-state index contributed by atoms with van der Waals surface area (Å²) in [4.78, 5) is 2.23. The predicted octanol–water partition coefficient (Wildman–Crippen LogP) is 2.65. The monoisotopic (exact) mass is 334 g/mol. The van der Waals surface area contributed by atoms with Crippen molar-refractivity contribution in [1.29, 1.82) is 0 Å². The van der Waals surface area contributed by atoms with Crippen LogP contribution in [0.5, 0.6) is 0 Å². The summed E-state index contributed by atoms with van der Waals surface area (Å²) in [5.74, 6) is 0.793. The number of hydrogen-bond acceptors (Lipinski definition) is 5. The van der Waals surface area contributed by atoms with Crippen LogP contribution in [0.4, 0.5) is 5.95 Å². The Hall–Kier alpha value is -2.73. The largest absolute Gasteiger partial charge is 0.339 e. The van der Waals surface area contributed by atoms with E-state index < -0.39 is 0 Å². The van der Waals surface area contributed by atoms with Gasteiger partial charge in [0.1, 0.15) is 0 Å². The summed E-state index contributed by atoms with van der Waals surface area (Å²) in [6.45, 7) is 1.83. The highest BCUT2D eigenvalue weighted by Gasteiger charge is 2.20. The van der Waals surface area contributed by atoms with Crippen molar-refractivity contribution in [3.05, 3.63) is 54.6 Å². The zero-order chi connectivity index (χ0) is 17.1. The quantitative estimate of drug-likeness (QED) is 0.797. The van der Waals surface area contributed by atoms with Crippen molar-refractivity contribution in [1.82, 2.24) is 20.2 Å². The summed E-state index contributed by atoms with van der Waals surface area (Å²) in [6.07, 6.45) is 3.10. The van der Waals surface area contributed by atoms with Gasteiger partial charge < -0.3 is 10.6 Å². The van der Waals surface area contributed by atoms with Gasteiger partial charge in [0.05, 0.1) is 5.69 Å². The van der Waals surface area contributed by atoms with E-state index in [0.29, 0.717) is 0 Å². The van der Waals surface area contributed by atoms with Crippen LogP contribution in [-0.4, -0.2) is 39.3 Å². The molecule has 3 aromatic rings. The van der Waals surface area contributed by atoms with Crippen molar-refractivity contribution < 1.29 is 0 Å². The number of nitrogens with zero attached hydrogens (tertiary/aromatic N) is 5. The third-order valence-corrected chi connectivity index (χ3v) is 4.73. The normalized spacial score (nSPS) is 18.1. The van der Waals surface area contributed by atoms with E-state index in [1.54, 1.807) is 0 Å². The Morgan fingerprint density at radius 1 is 0.880 bits per heavy atom. The first-order valence-electron chi connectivity index (χ1n) is 8.76. The first-order valence-corrected chi connectivity index (χ1v) is 8.76. The molecule has 0 bridgehead atoms. The summed E-state index contributed by atoms with van der Waals surface area (Å²) in [7, 11) is 0. The third kappa shape index (κ3) is 3.39. The molecule has 1 aliphatic heterocycles. The zero-order valence-corrected chi connectivity index (χ0v) is 14.1. The Kier molecular flexibility index (Phi) is 4.43. The van der Waals surface area contributed by atoms with Crippen molar-refractivity contribution in [2.24, 2.45) is 5.73 Å². The number of benzene rings is 2. The lowest BCUT2D eigenvalue weighted by molar-refractivity contribution is 0.601. The van der Waals surface area contributed by atoms with Gasteiger partial charge >= 0.3 is 0 Å². The van der Waals surface area contributed by atoms with Gasteiger partial charge in [0.2, 0.25) is 5.95 Å². The van der Waals surface area contributed by atoms with Gasteiger partial charge in [-0.05, 0) is 52.9 Å². The molecule has 1 aliphatic rings. The van der Waals surface area contributed by atoms with Crippen LogP contribution in [0.1, 0.15) is 19.3 Å². The van der Waals surface area contributed by atoms with E-state index in [0.717, 1.165) is 44.0 Å². The second-order valence-corrected chi connectivity index (χ2v) is 6.48. The van der Waals surface area contributed by atoms with Crippen molar-refractivity contribution in [2.45, 2.75) is 25.3 Å². The molecule has 1 atom stereocenters. The molecule has 0 aliphatic carbocycles. The molecular weight excluding hydrogens is 312 g/mol. The van der Waals surface area contributed by atoms with Gasteiger partial charge in [0.15, 0.2) is 0 Å². The second-order valence-electron chi connectivity index (χ2n) is 6.48. The number of hydrogen-bond donors (Lipinski definition) is 1. The molecule has 4 rings (SSSR count). The van der Waals surface area contributed by atoms with Gasteiger partial charge in [-0.25, -0.2) is 0 Å². The van der Waals surface area contributed by atoms with Crippen LogP contribution in [0.2, 0.25) is 0 Å². The van der Waals surface area contributed by atoms with E-state index in [2.05, 4.69) is 56.8 Å². The Balaban J connectivity index is 1.60. The highest BCUT2D eigenvalue weighted by atomic mass is 15.6. The molecule has 1 fully saturated rings. The Labute approximate surface area is 147 Å². The molecule has 6 heteroatoms. The molecule has 0 amide bonds. The van der Waals surface area contributed by atoms with E-state index in [1.807, 2.05) is 22.9 Å². The fourth-order valence-electron chi connectivity index (χ4n) is 3.29. The number of rotatable bonds is 3. The van der Waals surface area contributed by atoms with Gasteiger partial charge in [0, 0.05) is 19.1 Å². The van der Waals surface area contributed by atoms with Crippen LogP contribution in [0.25, 0.3) is 16.8 Å². The maximum Gasteiger partial charge on any atom is 0.250 e. The Bertz CT molecular complexity index is 811. The zero-order valence-electron chi connectivity index (χ0n) is 14.1. The molecule has 1 aromatic heterocycles. The standard InChI is InChI=1S/C19H22N6/c20-17-7-4-13-24(14-12-17)19-21-22-23-25(19)18-10-8-16(9-11-18)15-5-2-1-3-6-15/h1-3,5-6,8-11,17H,4,7,12-14,20H2. The predicted molar refractivity (Wildman–Crippen MR) is 98.6 cm³/mol. The Morgan fingerprint density at radius 2 is 1.64 bits per heavy atom. The summed E-state index contributed by atoms with van der Waals surface area (Å²) in [5, 5.41) is 12.3. The highest BCUT2D eigenvalue weighted by Crippen LogP contribution is 2.23. The fourth-order valence-corrected chi connectivity index (χ4v) is 3.29. The molecule has 0 radical (unpaired) electrons. The van der Waals surface area contributed by atoms with Crippen LogP contribution in [-0.2, 0) is 0 Å². The minimum Gasteiger partial charge on any atom is -0.339 e. The maximum absolute atomic E-state index is 6.09. The average molecular weight is 334 g/mol. The van der Waals surface area contributed by atoms with Crippen LogP contribution in [0.15, 0.2) is 54.6 Å². The van der Waals surface area contributed by atoms with E-state index >= 15 is 0 Å². The minimum absolute atomic E-state index is 0.277. The summed E-state index contributed by atoms with van der Waals surface area (Å²) in [5.41, 5.74) is 9.43. The van der Waals surface area contributed by atoms with Gasteiger partial charge in [0.25, 0.3) is 0 Å². The lowest BCUT2D eigenvalue weighted by Crippen LogP contribution is -2.28. The fraction of sp³-hybridized carbons (Fsp3) is 0.316. The van der Waals surface area contributed by atoms with Crippen LogP contribution in [0, 0.1) is 0 Å². The number of anilines is 1. The molecule has 6 nitrogen and oxygen atoms in total. The lowest BCUT2D eigenvalue weighted by Gasteiger charge is -2.20. The second kappa shape index (κ2) is 7.03. The van der Waals surface area contributed by atoms with Crippen molar-refractivity contribution in [2.75, 3.05) is 18.0 Å².